The third kappa shape index (κ3) is 4.64. The summed E-state index contributed by atoms with van der Waals surface area (Å²) in [5.74, 6) is 2.28. The van der Waals surface area contributed by atoms with Crippen molar-refractivity contribution in [3.63, 3.8) is 0 Å². The van der Waals surface area contributed by atoms with Crippen LogP contribution in [0.4, 0.5) is 5.69 Å². The summed E-state index contributed by atoms with van der Waals surface area (Å²) in [5.41, 5.74) is 1.70. The van der Waals surface area contributed by atoms with E-state index >= 15 is 0 Å². The molecule has 0 aliphatic rings. The van der Waals surface area contributed by atoms with E-state index in [2.05, 4.69) is 5.32 Å². The zero-order chi connectivity index (χ0) is 17.6. The first-order chi connectivity index (χ1) is 12.1. The van der Waals surface area contributed by atoms with E-state index in [1.807, 2.05) is 36.4 Å². The molecule has 3 aromatic rings. The molecule has 0 atom stereocenters. The molecule has 3 rings (SSSR count). The molecule has 4 nitrogen and oxygen atoms in total. The zero-order valence-corrected chi connectivity index (χ0v) is 14.5. The van der Waals surface area contributed by atoms with Crippen molar-refractivity contribution in [1.82, 2.24) is 0 Å². The Morgan fingerprint density at radius 2 is 1.76 bits per heavy atom. The zero-order valence-electron chi connectivity index (χ0n) is 13.8. The van der Waals surface area contributed by atoms with E-state index in [0.29, 0.717) is 17.9 Å². The van der Waals surface area contributed by atoms with Gasteiger partial charge in [-0.3, -0.25) is 4.79 Å². The number of halogens is 1. The number of benzene rings is 2. The monoisotopic (exact) mass is 355 g/mol. The van der Waals surface area contributed by atoms with E-state index in [-0.39, 0.29) is 5.91 Å². The van der Waals surface area contributed by atoms with Gasteiger partial charge < -0.3 is 14.5 Å². The minimum atomic E-state index is -0.0651. The topological polar surface area (TPSA) is 51.5 Å². The van der Waals surface area contributed by atoms with Gasteiger partial charge in [0.05, 0.1) is 7.11 Å². The molecule has 2 aromatic carbocycles. The molecular weight excluding hydrogens is 338 g/mol. The summed E-state index contributed by atoms with van der Waals surface area (Å²) in [4.78, 5) is 12.0. The molecule has 1 heterocycles. The molecule has 1 N–H and O–H groups in total. The van der Waals surface area contributed by atoms with Crippen molar-refractivity contribution in [2.45, 2.75) is 12.8 Å². The first kappa shape index (κ1) is 17.1. The van der Waals surface area contributed by atoms with Gasteiger partial charge in [0.15, 0.2) is 0 Å². The van der Waals surface area contributed by atoms with Crippen LogP contribution in [0.2, 0.25) is 5.02 Å². The Hall–Kier alpha value is -2.72. The number of carbonyl (C=O) groups is 1. The van der Waals surface area contributed by atoms with E-state index in [1.165, 1.54) is 0 Å². The van der Waals surface area contributed by atoms with Crippen LogP contribution in [-0.2, 0) is 11.2 Å². The highest BCUT2D eigenvalue weighted by Gasteiger charge is 2.08. The van der Waals surface area contributed by atoms with Gasteiger partial charge in [0.25, 0.3) is 0 Å². The maximum atomic E-state index is 12.0. The van der Waals surface area contributed by atoms with Crippen molar-refractivity contribution < 1.29 is 13.9 Å². The summed E-state index contributed by atoms with van der Waals surface area (Å²) >= 11 is 5.83. The average Bonchev–Trinajstić information content (AvgIpc) is 3.11. The predicted molar refractivity (Wildman–Crippen MR) is 99.1 cm³/mol. The average molecular weight is 356 g/mol. The molecule has 5 heteroatoms. The van der Waals surface area contributed by atoms with Crippen LogP contribution in [0.15, 0.2) is 65.1 Å². The number of hydrogen-bond acceptors (Lipinski definition) is 3. The van der Waals surface area contributed by atoms with Gasteiger partial charge in [-0.05, 0) is 60.7 Å². The first-order valence-electron chi connectivity index (χ1n) is 7.92. The lowest BCUT2D eigenvalue weighted by molar-refractivity contribution is -0.116. The molecule has 0 aliphatic carbocycles. The van der Waals surface area contributed by atoms with Crippen molar-refractivity contribution in [3.05, 3.63) is 71.4 Å². The lowest BCUT2D eigenvalue weighted by Gasteiger charge is -2.04. The van der Waals surface area contributed by atoms with Crippen molar-refractivity contribution in [1.29, 1.82) is 0 Å². The third-order valence-electron chi connectivity index (χ3n) is 3.76. The van der Waals surface area contributed by atoms with Crippen molar-refractivity contribution >= 4 is 23.2 Å². The number of anilines is 1. The molecule has 0 saturated carbocycles. The highest BCUT2D eigenvalue weighted by Crippen LogP contribution is 2.25. The van der Waals surface area contributed by atoms with Gasteiger partial charge in [0.1, 0.15) is 17.3 Å². The summed E-state index contributed by atoms with van der Waals surface area (Å²) in [6.07, 6.45) is 0.883. The molecule has 0 radical (unpaired) electrons. The van der Waals surface area contributed by atoms with E-state index in [4.69, 9.17) is 20.8 Å². The van der Waals surface area contributed by atoms with Crippen LogP contribution in [0.25, 0.3) is 11.3 Å². The molecule has 1 amide bonds. The number of furan rings is 1. The van der Waals surface area contributed by atoms with Crippen LogP contribution in [0.3, 0.4) is 0 Å². The van der Waals surface area contributed by atoms with Crippen LogP contribution >= 0.6 is 11.6 Å². The van der Waals surface area contributed by atoms with Gasteiger partial charge in [-0.25, -0.2) is 0 Å². The van der Waals surface area contributed by atoms with Gasteiger partial charge in [-0.2, -0.15) is 0 Å². The number of methoxy groups -OCH3 is 1. The maximum absolute atomic E-state index is 12.0. The smallest absolute Gasteiger partial charge is 0.224 e. The SMILES string of the molecule is COc1ccc(-c2ccc(CCC(=O)Nc3ccc(Cl)cc3)o2)cc1. The Bertz CT molecular complexity index is 838. The normalized spacial score (nSPS) is 10.5. The second-order valence-electron chi connectivity index (χ2n) is 5.55. The van der Waals surface area contributed by atoms with Gasteiger partial charge >= 0.3 is 0 Å². The molecule has 0 aliphatic heterocycles. The Morgan fingerprint density at radius 3 is 2.44 bits per heavy atom. The fourth-order valence-electron chi connectivity index (χ4n) is 2.42. The van der Waals surface area contributed by atoms with Crippen molar-refractivity contribution in [2.24, 2.45) is 0 Å². The Kier molecular flexibility index (Phi) is 5.41. The van der Waals surface area contributed by atoms with Gasteiger partial charge in [0, 0.05) is 29.1 Å². The van der Waals surface area contributed by atoms with Crippen LogP contribution in [0, 0.1) is 0 Å². The minimum absolute atomic E-state index is 0.0651. The maximum Gasteiger partial charge on any atom is 0.224 e. The van der Waals surface area contributed by atoms with E-state index in [0.717, 1.165) is 28.5 Å². The van der Waals surface area contributed by atoms with Gasteiger partial charge in [0.2, 0.25) is 5.91 Å². The number of carbonyl (C=O) groups excluding carboxylic acids is 1. The largest absolute Gasteiger partial charge is 0.497 e. The number of amides is 1. The predicted octanol–water partition coefficient (Wildman–Crippen LogP) is 5.18. The first-order valence-corrected chi connectivity index (χ1v) is 8.30. The summed E-state index contributed by atoms with van der Waals surface area (Å²) in [7, 11) is 1.63. The number of hydrogen-bond donors (Lipinski definition) is 1. The van der Waals surface area contributed by atoms with Crippen LogP contribution in [0.1, 0.15) is 12.2 Å². The fraction of sp³-hybridized carbons (Fsp3) is 0.150. The van der Waals surface area contributed by atoms with E-state index in [9.17, 15) is 4.79 Å². The van der Waals surface area contributed by atoms with E-state index < -0.39 is 0 Å². The number of ether oxygens (including phenoxy) is 1. The van der Waals surface area contributed by atoms with Crippen LogP contribution in [0.5, 0.6) is 5.75 Å². The number of nitrogens with one attached hydrogen (secondary N) is 1. The summed E-state index contributed by atoms with van der Waals surface area (Å²) in [6, 6.07) is 18.5. The van der Waals surface area contributed by atoms with E-state index in [1.54, 1.807) is 31.4 Å². The number of aryl methyl sites for hydroxylation is 1. The number of rotatable bonds is 6. The molecule has 0 saturated heterocycles. The van der Waals surface area contributed by atoms with Crippen LogP contribution in [-0.4, -0.2) is 13.0 Å². The van der Waals surface area contributed by atoms with Gasteiger partial charge in [-0.15, -0.1) is 0 Å². The molecule has 1 aromatic heterocycles. The standard InChI is InChI=1S/C20H18ClNO3/c1-24-17-8-2-14(3-9-17)19-12-10-18(25-19)11-13-20(23)22-16-6-4-15(21)5-7-16/h2-10,12H,11,13H2,1H3,(H,22,23). The Labute approximate surface area is 151 Å². The highest BCUT2D eigenvalue weighted by molar-refractivity contribution is 6.30. The quantitative estimate of drug-likeness (QED) is 0.662. The summed E-state index contributed by atoms with van der Waals surface area (Å²) < 4.78 is 11.0. The Balaban J connectivity index is 1.55. The van der Waals surface area contributed by atoms with Crippen molar-refractivity contribution in [3.8, 4) is 17.1 Å². The molecule has 0 unspecified atom stereocenters. The lowest BCUT2D eigenvalue weighted by Crippen LogP contribution is -2.11. The molecule has 0 bridgehead atoms. The second-order valence-corrected chi connectivity index (χ2v) is 5.99. The lowest BCUT2D eigenvalue weighted by atomic mass is 10.2. The molecule has 0 fully saturated rings. The summed E-state index contributed by atoms with van der Waals surface area (Å²) in [6.45, 7) is 0. The molecular formula is C20H18ClNO3. The molecule has 128 valence electrons. The molecule has 0 spiro atoms. The Morgan fingerprint density at radius 1 is 1.04 bits per heavy atom. The second kappa shape index (κ2) is 7.90. The fourth-order valence-corrected chi connectivity index (χ4v) is 2.54. The van der Waals surface area contributed by atoms with Crippen LogP contribution < -0.4 is 10.1 Å². The summed E-state index contributed by atoms with van der Waals surface area (Å²) in [5, 5.41) is 3.48. The third-order valence-corrected chi connectivity index (χ3v) is 4.01. The highest BCUT2D eigenvalue weighted by atomic mass is 35.5. The minimum Gasteiger partial charge on any atom is -0.497 e. The molecule has 25 heavy (non-hydrogen) atoms. The van der Waals surface area contributed by atoms with Crippen molar-refractivity contribution in [2.75, 3.05) is 12.4 Å². The van der Waals surface area contributed by atoms with Gasteiger partial charge in [-0.1, -0.05) is 11.6 Å².